The van der Waals surface area contributed by atoms with E-state index in [1.54, 1.807) is 24.3 Å². The Balaban J connectivity index is 1.64. The summed E-state index contributed by atoms with van der Waals surface area (Å²) in [5, 5.41) is 0. The quantitative estimate of drug-likeness (QED) is 0.433. The number of rotatable bonds is 6. The number of hydrogen-bond acceptors (Lipinski definition) is 5. The van der Waals surface area contributed by atoms with E-state index in [0.717, 1.165) is 5.56 Å². The molecule has 0 aliphatic heterocycles. The third-order valence-electron chi connectivity index (χ3n) is 3.55. The summed E-state index contributed by atoms with van der Waals surface area (Å²) in [6, 6.07) is 19.2. The van der Waals surface area contributed by atoms with E-state index in [1.807, 2.05) is 30.3 Å². The molecule has 0 atom stereocenters. The summed E-state index contributed by atoms with van der Waals surface area (Å²) in [5.74, 6) is -1.09. The molecule has 5 nitrogen and oxygen atoms in total. The lowest BCUT2D eigenvalue weighted by Crippen LogP contribution is -2.13. The fourth-order valence-electron chi connectivity index (χ4n) is 2.28. The molecule has 132 valence electrons. The predicted molar refractivity (Wildman–Crippen MR) is 98.2 cm³/mol. The monoisotopic (exact) mass is 414 g/mol. The van der Waals surface area contributed by atoms with Crippen LogP contribution >= 0.6 is 15.9 Å². The maximum absolute atomic E-state index is 12.3. The van der Waals surface area contributed by atoms with Gasteiger partial charge in [-0.15, -0.1) is 0 Å². The van der Waals surface area contributed by atoms with Gasteiger partial charge in [-0.05, 0) is 45.8 Å². The molecule has 0 spiro atoms. The minimum Gasteiger partial charge on any atom is -0.462 e. The smallest absolute Gasteiger partial charge is 0.379 e. The summed E-state index contributed by atoms with van der Waals surface area (Å²) in [6.07, 6.45) is 0.606. The van der Waals surface area contributed by atoms with Crippen molar-refractivity contribution in [3.8, 4) is 5.75 Å². The van der Waals surface area contributed by atoms with Crippen LogP contribution in [0.25, 0.3) is 0 Å². The largest absolute Gasteiger partial charge is 0.462 e. The van der Waals surface area contributed by atoms with Crippen LogP contribution < -0.4 is 4.74 Å². The Morgan fingerprint density at radius 2 is 1.62 bits per heavy atom. The van der Waals surface area contributed by atoms with E-state index in [2.05, 4.69) is 15.9 Å². The van der Waals surface area contributed by atoms with Gasteiger partial charge in [0, 0.05) is 6.42 Å². The molecular formula is C20H15BrO5. The first-order chi connectivity index (χ1) is 12.6. The van der Waals surface area contributed by atoms with Crippen LogP contribution in [0.1, 0.15) is 26.5 Å². The molecule has 1 heterocycles. The minimum absolute atomic E-state index is 0.0316. The van der Waals surface area contributed by atoms with Crippen molar-refractivity contribution >= 4 is 27.9 Å². The molecular weight excluding hydrogens is 400 g/mol. The van der Waals surface area contributed by atoms with Crippen molar-refractivity contribution in [2.45, 2.75) is 6.42 Å². The standard InChI is InChI=1S/C20H15BrO5/c21-18-11-10-17(25-18)20(23)26-16-9-5-4-8-15(16)19(22)24-13-12-14-6-2-1-3-7-14/h1-11H,12-13H2. The summed E-state index contributed by atoms with van der Waals surface area (Å²) in [7, 11) is 0. The van der Waals surface area contributed by atoms with Crippen LogP contribution in [0.3, 0.4) is 0 Å². The second-order valence-corrected chi connectivity index (χ2v) is 6.14. The number of ether oxygens (including phenoxy) is 2. The lowest BCUT2D eigenvalue weighted by molar-refractivity contribution is 0.0503. The molecule has 0 fully saturated rings. The van der Waals surface area contributed by atoms with Crippen molar-refractivity contribution in [3.05, 3.63) is 88.3 Å². The van der Waals surface area contributed by atoms with Crippen molar-refractivity contribution in [1.82, 2.24) is 0 Å². The molecule has 0 bridgehead atoms. The first kappa shape index (κ1) is 17.9. The van der Waals surface area contributed by atoms with Crippen molar-refractivity contribution < 1.29 is 23.5 Å². The van der Waals surface area contributed by atoms with E-state index in [9.17, 15) is 9.59 Å². The Morgan fingerprint density at radius 3 is 2.35 bits per heavy atom. The second-order valence-electron chi connectivity index (χ2n) is 5.36. The van der Waals surface area contributed by atoms with Gasteiger partial charge in [0.2, 0.25) is 5.76 Å². The first-order valence-corrected chi connectivity index (χ1v) is 8.70. The molecule has 2 aromatic carbocycles. The van der Waals surface area contributed by atoms with Gasteiger partial charge in [0.05, 0.1) is 6.61 Å². The van der Waals surface area contributed by atoms with Crippen LogP contribution in [0, 0.1) is 0 Å². The highest BCUT2D eigenvalue weighted by Crippen LogP contribution is 2.22. The van der Waals surface area contributed by atoms with Crippen LogP contribution in [0.15, 0.2) is 75.8 Å². The number of carbonyl (C=O) groups excluding carboxylic acids is 2. The van der Waals surface area contributed by atoms with Gasteiger partial charge in [0.15, 0.2) is 4.67 Å². The molecule has 3 aromatic rings. The van der Waals surface area contributed by atoms with Crippen LogP contribution in [-0.4, -0.2) is 18.5 Å². The van der Waals surface area contributed by atoms with Crippen LogP contribution in [0.4, 0.5) is 0 Å². The Kier molecular flexibility index (Phi) is 5.86. The Hall–Kier alpha value is -2.86. The van der Waals surface area contributed by atoms with Crippen molar-refractivity contribution in [1.29, 1.82) is 0 Å². The van der Waals surface area contributed by atoms with Gasteiger partial charge in [-0.1, -0.05) is 42.5 Å². The predicted octanol–water partition coefficient (Wildman–Crippen LogP) is 4.66. The molecule has 0 saturated carbocycles. The maximum atomic E-state index is 12.3. The van der Waals surface area contributed by atoms with Gasteiger partial charge in [0.25, 0.3) is 0 Å². The normalized spacial score (nSPS) is 10.3. The Bertz CT molecular complexity index is 901. The molecule has 1 aromatic heterocycles. The van der Waals surface area contributed by atoms with Gasteiger partial charge < -0.3 is 13.9 Å². The summed E-state index contributed by atoms with van der Waals surface area (Å²) in [6.45, 7) is 0.232. The molecule has 0 amide bonds. The van der Waals surface area contributed by atoms with Gasteiger partial charge in [-0.3, -0.25) is 0 Å². The van der Waals surface area contributed by atoms with E-state index in [0.29, 0.717) is 11.1 Å². The molecule has 0 saturated heterocycles. The van der Waals surface area contributed by atoms with E-state index < -0.39 is 11.9 Å². The fraction of sp³-hybridized carbons (Fsp3) is 0.100. The fourth-order valence-corrected chi connectivity index (χ4v) is 2.59. The Labute approximate surface area is 158 Å². The van der Waals surface area contributed by atoms with E-state index in [-0.39, 0.29) is 23.7 Å². The summed E-state index contributed by atoms with van der Waals surface area (Å²) >= 11 is 3.12. The minimum atomic E-state index is -0.694. The van der Waals surface area contributed by atoms with Crippen molar-refractivity contribution in [2.75, 3.05) is 6.61 Å². The molecule has 0 radical (unpaired) electrons. The highest BCUT2D eigenvalue weighted by atomic mass is 79.9. The highest BCUT2D eigenvalue weighted by molar-refractivity contribution is 9.10. The number of hydrogen-bond donors (Lipinski definition) is 0. The second kappa shape index (κ2) is 8.49. The third-order valence-corrected chi connectivity index (χ3v) is 3.98. The van der Waals surface area contributed by atoms with Crippen LogP contribution in [0.5, 0.6) is 5.75 Å². The highest BCUT2D eigenvalue weighted by Gasteiger charge is 2.19. The molecule has 0 N–H and O–H groups in total. The zero-order valence-electron chi connectivity index (χ0n) is 13.7. The molecule has 0 unspecified atom stereocenters. The SMILES string of the molecule is O=C(Oc1ccccc1C(=O)OCCc1ccccc1)c1ccc(Br)o1. The lowest BCUT2D eigenvalue weighted by atomic mass is 10.2. The molecule has 0 aliphatic rings. The molecule has 6 heteroatoms. The number of furan rings is 1. The summed E-state index contributed by atoms with van der Waals surface area (Å²) < 4.78 is 16.2. The van der Waals surface area contributed by atoms with Crippen molar-refractivity contribution in [3.63, 3.8) is 0 Å². The van der Waals surface area contributed by atoms with Gasteiger partial charge in [-0.25, -0.2) is 9.59 Å². The number of para-hydroxylation sites is 1. The zero-order chi connectivity index (χ0) is 18.4. The van der Waals surface area contributed by atoms with E-state index >= 15 is 0 Å². The summed E-state index contributed by atoms with van der Waals surface area (Å²) in [4.78, 5) is 24.4. The topological polar surface area (TPSA) is 65.7 Å². The average molecular weight is 415 g/mol. The number of esters is 2. The lowest BCUT2D eigenvalue weighted by Gasteiger charge is -2.09. The third kappa shape index (κ3) is 4.61. The first-order valence-electron chi connectivity index (χ1n) is 7.91. The number of benzene rings is 2. The zero-order valence-corrected chi connectivity index (χ0v) is 15.3. The number of carbonyl (C=O) groups is 2. The number of halogens is 1. The molecule has 26 heavy (non-hydrogen) atoms. The van der Waals surface area contributed by atoms with Crippen LogP contribution in [-0.2, 0) is 11.2 Å². The Morgan fingerprint density at radius 1 is 0.885 bits per heavy atom. The maximum Gasteiger partial charge on any atom is 0.379 e. The van der Waals surface area contributed by atoms with Gasteiger partial charge in [0.1, 0.15) is 11.3 Å². The van der Waals surface area contributed by atoms with Crippen LogP contribution in [0.2, 0.25) is 0 Å². The van der Waals surface area contributed by atoms with Gasteiger partial charge in [-0.2, -0.15) is 0 Å². The molecule has 0 aliphatic carbocycles. The van der Waals surface area contributed by atoms with Crippen molar-refractivity contribution in [2.24, 2.45) is 0 Å². The van der Waals surface area contributed by atoms with Gasteiger partial charge >= 0.3 is 11.9 Å². The molecule has 3 rings (SSSR count). The van der Waals surface area contributed by atoms with E-state index in [1.165, 1.54) is 12.1 Å². The average Bonchev–Trinajstić information content (AvgIpc) is 3.09. The summed E-state index contributed by atoms with van der Waals surface area (Å²) in [5.41, 5.74) is 1.25. The van der Waals surface area contributed by atoms with E-state index in [4.69, 9.17) is 13.9 Å².